The summed E-state index contributed by atoms with van der Waals surface area (Å²) in [5, 5.41) is 4.02. The molecule has 1 nitrogen and oxygen atoms in total. The Morgan fingerprint density at radius 2 is 1.83 bits per heavy atom. The van der Waals surface area contributed by atoms with Crippen molar-refractivity contribution in [2.45, 2.75) is 18.9 Å². The number of fused-ring (bicyclic) bond motifs is 1. The van der Waals surface area contributed by atoms with E-state index in [0.717, 1.165) is 17.9 Å². The first-order valence-corrected chi connectivity index (χ1v) is 6.38. The monoisotopic (exact) mass is 261 g/mol. The van der Waals surface area contributed by atoms with Crippen molar-refractivity contribution in [2.75, 3.05) is 5.32 Å². The maximum Gasteiger partial charge on any atom is 0.146 e. The Balaban J connectivity index is 1.77. The van der Waals surface area contributed by atoms with Crippen molar-refractivity contribution >= 4 is 17.3 Å². The summed E-state index contributed by atoms with van der Waals surface area (Å²) in [6, 6.07) is 13.0. The Bertz CT molecular complexity index is 582. The van der Waals surface area contributed by atoms with Crippen LogP contribution in [0.3, 0.4) is 0 Å². The topological polar surface area (TPSA) is 12.0 Å². The Morgan fingerprint density at radius 3 is 2.67 bits per heavy atom. The van der Waals surface area contributed by atoms with Crippen LogP contribution < -0.4 is 5.32 Å². The van der Waals surface area contributed by atoms with Gasteiger partial charge in [-0.1, -0.05) is 29.8 Å². The Hall–Kier alpha value is -1.54. The van der Waals surface area contributed by atoms with Crippen molar-refractivity contribution in [3.05, 3.63) is 64.4 Å². The Labute approximate surface area is 111 Å². The molecule has 92 valence electrons. The second-order valence-corrected chi connectivity index (χ2v) is 5.08. The van der Waals surface area contributed by atoms with Crippen LogP contribution in [-0.2, 0) is 12.8 Å². The predicted octanol–water partition coefficient (Wildman–Crippen LogP) is 4.06. The highest BCUT2D eigenvalue weighted by atomic mass is 35.5. The smallest absolute Gasteiger partial charge is 0.146 e. The van der Waals surface area contributed by atoms with E-state index in [9.17, 15) is 4.39 Å². The summed E-state index contributed by atoms with van der Waals surface area (Å²) in [5.74, 6) is -0.202. The zero-order chi connectivity index (χ0) is 12.5. The summed E-state index contributed by atoms with van der Waals surface area (Å²) in [6.45, 7) is 0. The van der Waals surface area contributed by atoms with Crippen molar-refractivity contribution in [1.29, 1.82) is 0 Å². The van der Waals surface area contributed by atoms with E-state index < -0.39 is 0 Å². The fourth-order valence-electron chi connectivity index (χ4n) is 2.49. The minimum Gasteiger partial charge on any atom is -0.379 e. The lowest BCUT2D eigenvalue weighted by Crippen LogP contribution is -2.20. The molecule has 1 aliphatic rings. The molecular formula is C15H13ClFN. The van der Waals surface area contributed by atoms with Gasteiger partial charge in [0.1, 0.15) is 5.82 Å². The van der Waals surface area contributed by atoms with E-state index in [1.807, 2.05) is 18.2 Å². The van der Waals surface area contributed by atoms with Gasteiger partial charge in [0.05, 0.1) is 5.69 Å². The molecule has 0 amide bonds. The number of rotatable bonds is 2. The van der Waals surface area contributed by atoms with Crippen LogP contribution in [0.1, 0.15) is 11.1 Å². The molecule has 0 aliphatic heterocycles. The molecule has 0 saturated carbocycles. The third-order valence-corrected chi connectivity index (χ3v) is 3.57. The molecule has 0 saturated heterocycles. The van der Waals surface area contributed by atoms with Crippen molar-refractivity contribution in [1.82, 2.24) is 0 Å². The summed E-state index contributed by atoms with van der Waals surface area (Å²) in [5.41, 5.74) is 3.13. The van der Waals surface area contributed by atoms with E-state index in [2.05, 4.69) is 11.4 Å². The first kappa shape index (κ1) is 11.5. The number of benzene rings is 2. The molecule has 0 fully saturated rings. The zero-order valence-corrected chi connectivity index (χ0v) is 10.5. The van der Waals surface area contributed by atoms with Crippen LogP contribution in [0, 0.1) is 5.82 Å². The van der Waals surface area contributed by atoms with E-state index in [0.29, 0.717) is 5.69 Å². The molecule has 1 N–H and O–H groups in total. The lowest BCUT2D eigenvalue weighted by atomic mass is 10.1. The predicted molar refractivity (Wildman–Crippen MR) is 72.7 cm³/mol. The molecule has 1 atom stereocenters. The second kappa shape index (κ2) is 4.62. The van der Waals surface area contributed by atoms with Gasteiger partial charge in [-0.15, -0.1) is 0 Å². The molecule has 0 aromatic heterocycles. The minimum atomic E-state index is -0.202. The van der Waals surface area contributed by atoms with E-state index in [4.69, 9.17) is 11.6 Å². The standard InChI is InChI=1S/C15H13ClFN/c16-12-6-5-10-8-13(9-11(10)7-12)18-15-4-2-1-3-14(15)17/h1-7,13,18H,8-9H2. The molecule has 0 bridgehead atoms. The summed E-state index contributed by atoms with van der Waals surface area (Å²) in [4.78, 5) is 0. The molecule has 1 aliphatic carbocycles. The van der Waals surface area contributed by atoms with Gasteiger partial charge in [0.15, 0.2) is 0 Å². The number of hydrogen-bond donors (Lipinski definition) is 1. The molecule has 1 unspecified atom stereocenters. The number of halogens is 2. The average molecular weight is 262 g/mol. The van der Waals surface area contributed by atoms with E-state index >= 15 is 0 Å². The molecule has 2 aromatic rings. The summed E-state index contributed by atoms with van der Waals surface area (Å²) < 4.78 is 13.6. The van der Waals surface area contributed by atoms with Crippen LogP contribution in [0.15, 0.2) is 42.5 Å². The maximum atomic E-state index is 13.6. The lowest BCUT2D eigenvalue weighted by molar-refractivity contribution is 0.625. The fraction of sp³-hybridized carbons (Fsp3) is 0.200. The molecular weight excluding hydrogens is 249 g/mol. The molecule has 0 heterocycles. The van der Waals surface area contributed by atoms with Crippen LogP contribution in [0.2, 0.25) is 5.02 Å². The van der Waals surface area contributed by atoms with Gasteiger partial charge in [0, 0.05) is 11.1 Å². The highest BCUT2D eigenvalue weighted by Gasteiger charge is 2.21. The molecule has 18 heavy (non-hydrogen) atoms. The van der Waals surface area contributed by atoms with Crippen LogP contribution >= 0.6 is 11.6 Å². The third-order valence-electron chi connectivity index (χ3n) is 3.33. The number of hydrogen-bond acceptors (Lipinski definition) is 1. The van der Waals surface area contributed by atoms with Crippen molar-refractivity contribution < 1.29 is 4.39 Å². The van der Waals surface area contributed by atoms with Crippen LogP contribution in [-0.4, -0.2) is 6.04 Å². The maximum absolute atomic E-state index is 13.6. The Kier molecular flexibility index (Phi) is 2.96. The van der Waals surface area contributed by atoms with Gasteiger partial charge in [0.2, 0.25) is 0 Å². The van der Waals surface area contributed by atoms with Crippen LogP contribution in [0.4, 0.5) is 10.1 Å². The largest absolute Gasteiger partial charge is 0.379 e. The number of nitrogens with one attached hydrogen (secondary N) is 1. The van der Waals surface area contributed by atoms with Crippen LogP contribution in [0.25, 0.3) is 0 Å². The SMILES string of the molecule is Fc1ccccc1NC1Cc2ccc(Cl)cc2C1. The second-order valence-electron chi connectivity index (χ2n) is 4.64. The average Bonchev–Trinajstić information content (AvgIpc) is 2.73. The third kappa shape index (κ3) is 2.21. The number of anilines is 1. The van der Waals surface area contributed by atoms with Gasteiger partial charge in [-0.2, -0.15) is 0 Å². The van der Waals surface area contributed by atoms with Crippen molar-refractivity contribution in [3.63, 3.8) is 0 Å². The van der Waals surface area contributed by atoms with Crippen LogP contribution in [0.5, 0.6) is 0 Å². The van der Waals surface area contributed by atoms with E-state index in [1.165, 1.54) is 17.2 Å². The molecule has 3 rings (SSSR count). The minimum absolute atomic E-state index is 0.202. The van der Waals surface area contributed by atoms with Gasteiger partial charge >= 0.3 is 0 Å². The lowest BCUT2D eigenvalue weighted by Gasteiger charge is -2.13. The summed E-state index contributed by atoms with van der Waals surface area (Å²) in [7, 11) is 0. The van der Waals surface area contributed by atoms with E-state index in [1.54, 1.807) is 12.1 Å². The van der Waals surface area contributed by atoms with Gasteiger partial charge < -0.3 is 5.32 Å². The molecule has 2 aromatic carbocycles. The summed E-state index contributed by atoms with van der Waals surface area (Å²) in [6.07, 6.45) is 1.81. The summed E-state index contributed by atoms with van der Waals surface area (Å²) >= 11 is 5.98. The van der Waals surface area contributed by atoms with Gasteiger partial charge in [0.25, 0.3) is 0 Å². The Morgan fingerprint density at radius 1 is 1.06 bits per heavy atom. The first-order chi connectivity index (χ1) is 8.72. The highest BCUT2D eigenvalue weighted by Crippen LogP contribution is 2.27. The van der Waals surface area contributed by atoms with Gasteiger partial charge in [-0.3, -0.25) is 0 Å². The van der Waals surface area contributed by atoms with Gasteiger partial charge in [-0.25, -0.2) is 4.39 Å². The van der Waals surface area contributed by atoms with E-state index in [-0.39, 0.29) is 11.9 Å². The zero-order valence-electron chi connectivity index (χ0n) is 9.79. The van der Waals surface area contributed by atoms with Crippen molar-refractivity contribution in [2.24, 2.45) is 0 Å². The highest BCUT2D eigenvalue weighted by molar-refractivity contribution is 6.30. The first-order valence-electron chi connectivity index (χ1n) is 6.01. The molecule has 0 radical (unpaired) electrons. The normalized spacial score (nSPS) is 17.6. The fourth-order valence-corrected chi connectivity index (χ4v) is 2.68. The van der Waals surface area contributed by atoms with Gasteiger partial charge in [-0.05, 0) is 48.2 Å². The quantitative estimate of drug-likeness (QED) is 0.860. The molecule has 0 spiro atoms. The molecule has 3 heteroatoms. The number of para-hydroxylation sites is 1. The van der Waals surface area contributed by atoms with Crippen molar-refractivity contribution in [3.8, 4) is 0 Å².